The second-order valence-electron chi connectivity index (χ2n) is 5.22. The molecule has 1 aromatic carbocycles. The molecule has 1 atom stereocenters. The Balaban J connectivity index is 1.66. The first-order valence-electron chi connectivity index (χ1n) is 6.86. The molecule has 0 spiro atoms. The first-order valence-corrected chi connectivity index (χ1v) is 7.23. The van der Waals surface area contributed by atoms with Crippen LogP contribution in [-0.4, -0.2) is 23.8 Å². The van der Waals surface area contributed by atoms with Gasteiger partial charge in [-0.2, -0.15) is 0 Å². The average Bonchev–Trinajstić information content (AvgIpc) is 2.33. The third kappa shape index (κ3) is 3.71. The van der Waals surface area contributed by atoms with E-state index in [-0.39, 0.29) is 6.10 Å². The maximum atomic E-state index is 9.47. The van der Waals surface area contributed by atoms with Crippen LogP contribution in [0.25, 0.3) is 0 Å². The topological polar surface area (TPSA) is 32.3 Å². The molecule has 1 aromatic rings. The van der Waals surface area contributed by atoms with Crippen molar-refractivity contribution in [2.45, 2.75) is 50.7 Å². The number of aliphatic hydroxyl groups excluding tert-OH is 1. The van der Waals surface area contributed by atoms with Gasteiger partial charge in [-0.1, -0.05) is 30.7 Å². The molecule has 0 aliphatic heterocycles. The van der Waals surface area contributed by atoms with Crippen LogP contribution >= 0.6 is 11.6 Å². The van der Waals surface area contributed by atoms with Crippen molar-refractivity contribution in [3.8, 4) is 0 Å². The summed E-state index contributed by atoms with van der Waals surface area (Å²) in [5, 5.41) is 13.8. The summed E-state index contributed by atoms with van der Waals surface area (Å²) in [6.07, 6.45) is 3.95. The van der Waals surface area contributed by atoms with Crippen molar-refractivity contribution in [1.29, 1.82) is 0 Å². The van der Waals surface area contributed by atoms with Crippen molar-refractivity contribution in [2.24, 2.45) is 0 Å². The molecule has 1 unspecified atom stereocenters. The molecule has 2 rings (SSSR count). The lowest BCUT2D eigenvalue weighted by atomic mass is 9.76. The van der Waals surface area contributed by atoms with Crippen molar-refractivity contribution >= 4 is 11.6 Å². The zero-order valence-electron chi connectivity index (χ0n) is 10.9. The van der Waals surface area contributed by atoms with Gasteiger partial charge in [-0.25, -0.2) is 0 Å². The molecule has 0 heterocycles. The summed E-state index contributed by atoms with van der Waals surface area (Å²) in [7, 11) is 0. The Bertz CT molecular complexity index is 359. The van der Waals surface area contributed by atoms with Gasteiger partial charge in [-0.15, -0.1) is 0 Å². The van der Waals surface area contributed by atoms with Gasteiger partial charge in [0.1, 0.15) is 0 Å². The standard InChI is InChI=1S/C15H22ClNO/c1-2-15(18)7-8-17-14-9-12(10-14)11-3-5-13(16)6-4-11/h3-6,12,14-15,17-18H,2,7-10H2,1H3. The monoisotopic (exact) mass is 267 g/mol. The lowest BCUT2D eigenvalue weighted by Crippen LogP contribution is -2.41. The summed E-state index contributed by atoms with van der Waals surface area (Å²) in [4.78, 5) is 0. The third-order valence-electron chi connectivity index (χ3n) is 3.86. The Morgan fingerprint density at radius 1 is 1.33 bits per heavy atom. The van der Waals surface area contributed by atoms with Gasteiger partial charge in [0.05, 0.1) is 6.10 Å². The molecule has 1 fully saturated rings. The largest absolute Gasteiger partial charge is 0.393 e. The minimum atomic E-state index is -0.148. The third-order valence-corrected chi connectivity index (χ3v) is 4.11. The Morgan fingerprint density at radius 3 is 2.61 bits per heavy atom. The van der Waals surface area contributed by atoms with Crippen LogP contribution in [0.2, 0.25) is 5.02 Å². The normalized spacial score (nSPS) is 24.6. The molecule has 2 nitrogen and oxygen atoms in total. The van der Waals surface area contributed by atoms with Crippen molar-refractivity contribution in [1.82, 2.24) is 5.32 Å². The second-order valence-corrected chi connectivity index (χ2v) is 5.66. The molecule has 1 aliphatic rings. The van der Waals surface area contributed by atoms with Crippen LogP contribution in [0.4, 0.5) is 0 Å². The van der Waals surface area contributed by atoms with E-state index in [1.807, 2.05) is 19.1 Å². The maximum Gasteiger partial charge on any atom is 0.0549 e. The van der Waals surface area contributed by atoms with Crippen LogP contribution in [0.15, 0.2) is 24.3 Å². The molecule has 0 radical (unpaired) electrons. The van der Waals surface area contributed by atoms with Crippen LogP contribution in [0, 0.1) is 0 Å². The van der Waals surface area contributed by atoms with E-state index in [0.717, 1.165) is 24.4 Å². The number of nitrogens with one attached hydrogen (secondary N) is 1. The van der Waals surface area contributed by atoms with Crippen molar-refractivity contribution < 1.29 is 5.11 Å². The molecular formula is C15H22ClNO. The molecule has 0 bridgehead atoms. The van der Waals surface area contributed by atoms with Crippen molar-refractivity contribution in [2.75, 3.05) is 6.54 Å². The molecule has 3 heteroatoms. The summed E-state index contributed by atoms with van der Waals surface area (Å²) in [5.41, 5.74) is 1.39. The second kappa shape index (κ2) is 6.55. The van der Waals surface area contributed by atoms with Crippen LogP contribution < -0.4 is 5.32 Å². The fourth-order valence-corrected chi connectivity index (χ4v) is 2.58. The van der Waals surface area contributed by atoms with Gasteiger partial charge < -0.3 is 10.4 Å². The minimum Gasteiger partial charge on any atom is -0.393 e. The van der Waals surface area contributed by atoms with Crippen molar-refractivity contribution in [3.63, 3.8) is 0 Å². The van der Waals surface area contributed by atoms with Gasteiger partial charge >= 0.3 is 0 Å². The number of hydrogen-bond donors (Lipinski definition) is 2. The summed E-state index contributed by atoms with van der Waals surface area (Å²) < 4.78 is 0. The predicted octanol–water partition coefficient (Wildman–Crippen LogP) is 3.34. The highest BCUT2D eigenvalue weighted by atomic mass is 35.5. The quantitative estimate of drug-likeness (QED) is 0.829. The fraction of sp³-hybridized carbons (Fsp3) is 0.600. The Hall–Kier alpha value is -0.570. The number of halogens is 1. The molecule has 0 aromatic heterocycles. The summed E-state index contributed by atoms with van der Waals surface area (Å²) in [6, 6.07) is 8.81. The van der Waals surface area contributed by atoms with Gasteiger partial charge in [-0.3, -0.25) is 0 Å². The number of aliphatic hydroxyl groups is 1. The van der Waals surface area contributed by atoms with Crippen LogP contribution in [0.5, 0.6) is 0 Å². The van der Waals surface area contributed by atoms with E-state index in [9.17, 15) is 5.11 Å². The highest BCUT2D eigenvalue weighted by Gasteiger charge is 2.29. The zero-order valence-corrected chi connectivity index (χ0v) is 11.7. The summed E-state index contributed by atoms with van der Waals surface area (Å²) in [5.74, 6) is 0.677. The highest BCUT2D eigenvalue weighted by Crippen LogP contribution is 2.37. The lowest BCUT2D eigenvalue weighted by Gasteiger charge is -2.36. The van der Waals surface area contributed by atoms with E-state index in [0.29, 0.717) is 12.0 Å². The first kappa shape index (κ1) is 13.9. The van der Waals surface area contributed by atoms with Crippen LogP contribution in [0.3, 0.4) is 0 Å². The number of benzene rings is 1. The van der Waals surface area contributed by atoms with E-state index in [1.54, 1.807) is 0 Å². The van der Waals surface area contributed by atoms with Crippen LogP contribution in [0.1, 0.15) is 44.1 Å². The minimum absolute atomic E-state index is 0.148. The zero-order chi connectivity index (χ0) is 13.0. The fourth-order valence-electron chi connectivity index (χ4n) is 2.45. The molecule has 2 N–H and O–H groups in total. The van der Waals surface area contributed by atoms with E-state index in [2.05, 4.69) is 17.4 Å². The van der Waals surface area contributed by atoms with Crippen LogP contribution in [-0.2, 0) is 0 Å². The number of rotatable bonds is 6. The average molecular weight is 268 g/mol. The lowest BCUT2D eigenvalue weighted by molar-refractivity contribution is 0.155. The van der Waals surface area contributed by atoms with Crippen molar-refractivity contribution in [3.05, 3.63) is 34.9 Å². The predicted molar refractivity (Wildman–Crippen MR) is 76.1 cm³/mol. The molecule has 100 valence electrons. The molecule has 1 aliphatic carbocycles. The molecule has 0 amide bonds. The molecular weight excluding hydrogens is 246 g/mol. The summed E-state index contributed by atoms with van der Waals surface area (Å²) >= 11 is 5.88. The SMILES string of the molecule is CCC(O)CCNC1CC(c2ccc(Cl)cc2)C1. The first-order chi connectivity index (χ1) is 8.69. The molecule has 0 saturated heterocycles. The van der Waals surface area contributed by atoms with E-state index >= 15 is 0 Å². The van der Waals surface area contributed by atoms with Gasteiger partial charge in [0, 0.05) is 11.1 Å². The van der Waals surface area contributed by atoms with E-state index in [1.165, 1.54) is 18.4 Å². The Morgan fingerprint density at radius 2 is 2.00 bits per heavy atom. The smallest absolute Gasteiger partial charge is 0.0549 e. The van der Waals surface area contributed by atoms with E-state index < -0.39 is 0 Å². The Labute approximate surface area is 114 Å². The van der Waals surface area contributed by atoms with Gasteiger partial charge in [0.15, 0.2) is 0 Å². The molecule has 18 heavy (non-hydrogen) atoms. The van der Waals surface area contributed by atoms with E-state index in [4.69, 9.17) is 11.6 Å². The van der Waals surface area contributed by atoms with Gasteiger partial charge in [-0.05, 0) is 55.8 Å². The Kier molecular flexibility index (Phi) is 5.04. The van der Waals surface area contributed by atoms with Gasteiger partial charge in [0.2, 0.25) is 0 Å². The maximum absolute atomic E-state index is 9.47. The summed E-state index contributed by atoms with van der Waals surface area (Å²) in [6.45, 7) is 2.94. The number of hydrogen-bond acceptors (Lipinski definition) is 2. The molecule has 1 saturated carbocycles. The highest BCUT2D eigenvalue weighted by molar-refractivity contribution is 6.30. The van der Waals surface area contributed by atoms with Gasteiger partial charge in [0.25, 0.3) is 0 Å².